The average Bonchev–Trinajstić information content (AvgIpc) is 3.23. The lowest BCUT2D eigenvalue weighted by atomic mass is 10.1. The number of ether oxygens (including phenoxy) is 1. The van der Waals surface area contributed by atoms with Crippen molar-refractivity contribution in [2.75, 3.05) is 18.8 Å². The standard InChI is InChI=1S/C22H21BrN6O/c23-19-20(24)29-21(28-22(19)30-16-8-10-25-11-9-16)17(13-27-29)15-6-7-18(26-12-15)14-4-2-1-3-5-14/h1-7,12-13,16,25H,8-11,24H2. The first-order valence-electron chi connectivity index (χ1n) is 9.92. The molecule has 0 amide bonds. The van der Waals surface area contributed by atoms with E-state index in [2.05, 4.69) is 31.3 Å². The molecule has 0 saturated carbocycles. The summed E-state index contributed by atoms with van der Waals surface area (Å²) in [5.74, 6) is 0.964. The molecule has 5 rings (SSSR count). The van der Waals surface area contributed by atoms with Crippen LogP contribution in [0.2, 0.25) is 0 Å². The molecule has 1 fully saturated rings. The maximum Gasteiger partial charge on any atom is 0.234 e. The van der Waals surface area contributed by atoms with Gasteiger partial charge in [-0.2, -0.15) is 14.6 Å². The number of nitrogens with two attached hydrogens (primary N) is 1. The first kappa shape index (κ1) is 19.0. The van der Waals surface area contributed by atoms with Crippen molar-refractivity contribution in [2.45, 2.75) is 18.9 Å². The summed E-state index contributed by atoms with van der Waals surface area (Å²) in [7, 11) is 0. The molecule has 0 atom stereocenters. The fourth-order valence-corrected chi connectivity index (χ4v) is 4.01. The van der Waals surface area contributed by atoms with Gasteiger partial charge in [0.1, 0.15) is 16.4 Å². The highest BCUT2D eigenvalue weighted by molar-refractivity contribution is 9.10. The van der Waals surface area contributed by atoms with E-state index in [0.29, 0.717) is 21.8 Å². The van der Waals surface area contributed by atoms with Crippen LogP contribution in [-0.2, 0) is 0 Å². The number of rotatable bonds is 4. The minimum atomic E-state index is 0.120. The van der Waals surface area contributed by atoms with Crippen molar-refractivity contribution in [3.63, 3.8) is 0 Å². The van der Waals surface area contributed by atoms with E-state index in [9.17, 15) is 0 Å². The third-order valence-corrected chi connectivity index (χ3v) is 6.05. The molecular weight excluding hydrogens is 444 g/mol. The normalized spacial score (nSPS) is 14.8. The number of nitrogens with zero attached hydrogens (tertiary/aromatic N) is 4. The van der Waals surface area contributed by atoms with E-state index in [4.69, 9.17) is 15.5 Å². The van der Waals surface area contributed by atoms with Gasteiger partial charge in [-0.15, -0.1) is 0 Å². The molecule has 0 unspecified atom stereocenters. The van der Waals surface area contributed by atoms with Gasteiger partial charge in [0.05, 0.1) is 11.9 Å². The molecule has 1 aliphatic heterocycles. The maximum absolute atomic E-state index is 6.32. The Balaban J connectivity index is 1.51. The fourth-order valence-electron chi connectivity index (χ4n) is 3.66. The molecule has 0 radical (unpaired) electrons. The number of pyridine rings is 1. The van der Waals surface area contributed by atoms with Gasteiger partial charge in [0.25, 0.3) is 0 Å². The average molecular weight is 465 g/mol. The zero-order chi connectivity index (χ0) is 20.5. The summed E-state index contributed by atoms with van der Waals surface area (Å²) in [6.45, 7) is 1.88. The van der Waals surface area contributed by atoms with E-state index in [1.54, 1.807) is 10.7 Å². The fraction of sp³-hybridized carbons (Fsp3) is 0.227. The molecule has 1 saturated heterocycles. The molecule has 3 aromatic heterocycles. The Labute approximate surface area is 182 Å². The van der Waals surface area contributed by atoms with Crippen molar-refractivity contribution in [2.24, 2.45) is 0 Å². The Morgan fingerprint density at radius 3 is 2.57 bits per heavy atom. The summed E-state index contributed by atoms with van der Waals surface area (Å²) < 4.78 is 8.43. The molecule has 152 valence electrons. The van der Waals surface area contributed by atoms with Crippen LogP contribution in [-0.4, -0.2) is 38.8 Å². The van der Waals surface area contributed by atoms with E-state index in [0.717, 1.165) is 48.3 Å². The second-order valence-electron chi connectivity index (χ2n) is 7.28. The zero-order valence-electron chi connectivity index (χ0n) is 16.3. The highest BCUT2D eigenvalue weighted by Gasteiger charge is 2.21. The van der Waals surface area contributed by atoms with Gasteiger partial charge in [-0.25, -0.2) is 0 Å². The van der Waals surface area contributed by atoms with E-state index < -0.39 is 0 Å². The summed E-state index contributed by atoms with van der Waals surface area (Å²) in [6.07, 6.45) is 5.60. The van der Waals surface area contributed by atoms with Crippen molar-refractivity contribution in [3.8, 4) is 28.3 Å². The van der Waals surface area contributed by atoms with Crippen molar-refractivity contribution in [3.05, 3.63) is 59.3 Å². The Bertz CT molecular complexity index is 1170. The quantitative estimate of drug-likeness (QED) is 0.475. The largest absolute Gasteiger partial charge is 0.473 e. The van der Waals surface area contributed by atoms with Crippen molar-refractivity contribution >= 4 is 27.4 Å². The van der Waals surface area contributed by atoms with Gasteiger partial charge in [-0.05, 0) is 47.9 Å². The number of halogens is 1. The summed E-state index contributed by atoms with van der Waals surface area (Å²) in [4.78, 5) is 9.37. The van der Waals surface area contributed by atoms with Gasteiger partial charge in [0.15, 0.2) is 5.65 Å². The minimum absolute atomic E-state index is 0.120. The predicted octanol–water partition coefficient (Wildman–Crippen LogP) is 3.93. The monoisotopic (exact) mass is 464 g/mol. The topological polar surface area (TPSA) is 90.4 Å². The number of nitrogen functional groups attached to an aromatic ring is 1. The molecule has 0 bridgehead atoms. The van der Waals surface area contributed by atoms with E-state index in [1.807, 2.05) is 48.7 Å². The number of piperidine rings is 1. The van der Waals surface area contributed by atoms with E-state index in [-0.39, 0.29) is 6.10 Å². The summed E-state index contributed by atoms with van der Waals surface area (Å²) in [6, 6.07) is 14.1. The smallest absolute Gasteiger partial charge is 0.234 e. The summed E-state index contributed by atoms with van der Waals surface area (Å²) in [5, 5.41) is 7.77. The summed E-state index contributed by atoms with van der Waals surface area (Å²) >= 11 is 3.53. The molecule has 1 aliphatic rings. The molecule has 4 heterocycles. The summed E-state index contributed by atoms with van der Waals surface area (Å²) in [5.41, 5.74) is 10.7. The number of anilines is 1. The van der Waals surface area contributed by atoms with Gasteiger partial charge >= 0.3 is 0 Å². The molecule has 30 heavy (non-hydrogen) atoms. The Morgan fingerprint density at radius 1 is 1.03 bits per heavy atom. The lowest BCUT2D eigenvalue weighted by Crippen LogP contribution is -2.34. The van der Waals surface area contributed by atoms with Gasteiger partial charge in [0, 0.05) is 22.9 Å². The number of hydrogen-bond donors (Lipinski definition) is 2. The van der Waals surface area contributed by atoms with Crippen molar-refractivity contribution < 1.29 is 4.74 Å². The third kappa shape index (κ3) is 3.53. The van der Waals surface area contributed by atoms with Crippen LogP contribution in [0.1, 0.15) is 12.8 Å². The van der Waals surface area contributed by atoms with Crippen LogP contribution in [0.25, 0.3) is 28.0 Å². The number of hydrogen-bond acceptors (Lipinski definition) is 6. The van der Waals surface area contributed by atoms with Crippen LogP contribution in [0.3, 0.4) is 0 Å². The molecule has 4 aromatic rings. The first-order chi connectivity index (χ1) is 14.7. The highest BCUT2D eigenvalue weighted by atomic mass is 79.9. The number of fused-ring (bicyclic) bond motifs is 1. The van der Waals surface area contributed by atoms with Gasteiger partial charge < -0.3 is 15.8 Å². The van der Waals surface area contributed by atoms with E-state index in [1.165, 1.54) is 0 Å². The number of nitrogens with one attached hydrogen (secondary N) is 1. The predicted molar refractivity (Wildman–Crippen MR) is 120 cm³/mol. The molecular formula is C22H21BrN6O. The molecule has 8 heteroatoms. The molecule has 0 spiro atoms. The number of benzene rings is 1. The van der Waals surface area contributed by atoms with Crippen molar-refractivity contribution in [1.29, 1.82) is 0 Å². The van der Waals surface area contributed by atoms with Crippen LogP contribution < -0.4 is 15.8 Å². The highest BCUT2D eigenvalue weighted by Crippen LogP contribution is 2.34. The van der Waals surface area contributed by atoms with Crippen LogP contribution in [0, 0.1) is 0 Å². The second kappa shape index (κ2) is 8.04. The first-order valence-corrected chi connectivity index (χ1v) is 10.7. The lowest BCUT2D eigenvalue weighted by molar-refractivity contribution is 0.155. The van der Waals surface area contributed by atoms with Crippen LogP contribution in [0.15, 0.2) is 59.3 Å². The lowest BCUT2D eigenvalue weighted by Gasteiger charge is -2.24. The van der Waals surface area contributed by atoms with Crippen LogP contribution >= 0.6 is 15.9 Å². The SMILES string of the molecule is Nc1c(Br)c(OC2CCNCC2)nc2c(-c3ccc(-c4ccccc4)nc3)cnn12. The van der Waals surface area contributed by atoms with Gasteiger partial charge in [-0.1, -0.05) is 36.4 Å². The van der Waals surface area contributed by atoms with Crippen molar-refractivity contribution in [1.82, 2.24) is 24.9 Å². The maximum atomic E-state index is 6.32. The molecule has 3 N–H and O–H groups in total. The zero-order valence-corrected chi connectivity index (χ0v) is 17.8. The number of aromatic nitrogens is 4. The minimum Gasteiger partial charge on any atom is -0.473 e. The molecule has 1 aromatic carbocycles. The van der Waals surface area contributed by atoms with Gasteiger partial charge in [-0.3, -0.25) is 4.98 Å². The van der Waals surface area contributed by atoms with Crippen LogP contribution in [0.5, 0.6) is 5.88 Å². The van der Waals surface area contributed by atoms with E-state index >= 15 is 0 Å². The molecule has 0 aliphatic carbocycles. The van der Waals surface area contributed by atoms with Crippen LogP contribution in [0.4, 0.5) is 5.82 Å². The second-order valence-corrected chi connectivity index (χ2v) is 8.07. The molecule has 7 nitrogen and oxygen atoms in total. The Morgan fingerprint density at radius 2 is 1.83 bits per heavy atom. The Kier molecular flexibility index (Phi) is 5.10. The van der Waals surface area contributed by atoms with Gasteiger partial charge in [0.2, 0.25) is 5.88 Å². The third-order valence-electron chi connectivity index (χ3n) is 5.30. The Hall–Kier alpha value is -2.97.